The second kappa shape index (κ2) is 16.6. The minimum absolute atomic E-state index is 0.137. The normalized spacial score (nSPS) is 15.4. The summed E-state index contributed by atoms with van der Waals surface area (Å²) >= 11 is 0. The molecule has 0 aliphatic rings. The Morgan fingerprint density at radius 1 is 0.455 bits per heavy atom. The lowest BCUT2D eigenvalue weighted by molar-refractivity contribution is 0.446. The summed E-state index contributed by atoms with van der Waals surface area (Å²) in [6, 6.07) is 43.5. The van der Waals surface area contributed by atoms with E-state index in [0.29, 0.717) is 28.2 Å². The maximum Gasteiger partial charge on any atom is 0.149 e. The fourth-order valence-electron chi connectivity index (χ4n) is 8.66. The van der Waals surface area contributed by atoms with Crippen LogP contribution in [0.15, 0.2) is 140 Å². The summed E-state index contributed by atoms with van der Waals surface area (Å²) in [4.78, 5) is 10.5. The Bertz CT molecular complexity index is 3390. The van der Waals surface area contributed by atoms with Crippen LogP contribution >= 0.6 is 0 Å². The van der Waals surface area contributed by atoms with Gasteiger partial charge in [0, 0.05) is 40.8 Å². The van der Waals surface area contributed by atoms with Gasteiger partial charge in [-0.05, 0) is 120 Å². The molecule has 0 amide bonds. The Labute approximate surface area is 407 Å². The van der Waals surface area contributed by atoms with Gasteiger partial charge in [-0.1, -0.05) is 189 Å². The van der Waals surface area contributed by atoms with Gasteiger partial charge >= 0.3 is 0 Å². The van der Waals surface area contributed by atoms with E-state index in [1.165, 1.54) is 17.7 Å². The van der Waals surface area contributed by atoms with E-state index >= 15 is 0 Å². The minimum atomic E-state index is -3.37. The number of phenols is 1. The molecule has 2 heterocycles. The Morgan fingerprint density at radius 3 is 1.71 bits per heavy atom. The monoisotopic (exact) mass is 881 g/mol. The quantitative estimate of drug-likeness (QED) is 0.181. The zero-order valence-corrected chi connectivity index (χ0v) is 40.6. The average Bonchev–Trinajstić information content (AvgIpc) is 3.68. The lowest BCUT2D eigenvalue weighted by Crippen LogP contribution is -2.17. The smallest absolute Gasteiger partial charge is 0.149 e. The molecule has 4 heteroatoms. The molecule has 8 rings (SSSR count). The third-order valence-electron chi connectivity index (χ3n) is 12.7. The Morgan fingerprint density at radius 2 is 1.08 bits per heavy atom. The van der Waals surface area contributed by atoms with Crippen LogP contribution in [0.3, 0.4) is 0 Å². The number of nitrogens with zero attached hydrogens (tertiary/aromatic N) is 3. The molecular formula is C62H69N3O. The highest BCUT2D eigenvalue weighted by Gasteiger charge is 2.30. The van der Waals surface area contributed by atoms with E-state index in [0.717, 1.165) is 61.2 Å². The van der Waals surface area contributed by atoms with Crippen LogP contribution in [-0.4, -0.2) is 19.6 Å². The number of benzene rings is 6. The molecule has 0 spiro atoms. The number of imidazole rings is 1. The molecule has 2 aromatic heterocycles. The highest BCUT2D eigenvalue weighted by molar-refractivity contribution is 5.98. The largest absolute Gasteiger partial charge is 0.507 e. The van der Waals surface area contributed by atoms with Gasteiger partial charge < -0.3 is 5.11 Å². The van der Waals surface area contributed by atoms with Crippen LogP contribution in [-0.2, 0) is 27.1 Å². The number of fused-ring (bicyclic) bond motifs is 1. The molecule has 8 aromatic rings. The van der Waals surface area contributed by atoms with Crippen LogP contribution < -0.4 is 0 Å². The van der Waals surface area contributed by atoms with Gasteiger partial charge in [-0.15, -0.1) is 0 Å². The summed E-state index contributed by atoms with van der Waals surface area (Å²) in [5, 5.41) is 12.6. The van der Waals surface area contributed by atoms with Crippen molar-refractivity contribution in [3.05, 3.63) is 167 Å². The van der Waals surface area contributed by atoms with Gasteiger partial charge in [0.25, 0.3) is 0 Å². The Kier molecular flexibility index (Phi) is 9.02. The molecular weight excluding hydrogens is 803 g/mol. The first-order chi connectivity index (χ1) is 34.5. The summed E-state index contributed by atoms with van der Waals surface area (Å²) in [6.07, 6.45) is 1.69. The van der Waals surface area contributed by atoms with Crippen molar-refractivity contribution < 1.29 is 17.4 Å². The number of phenolic OH excluding ortho intramolecular Hbond substituents is 1. The number of hydrogen-bond donors (Lipinski definition) is 1. The maximum atomic E-state index is 12.6. The van der Waals surface area contributed by atoms with E-state index in [2.05, 4.69) is 179 Å². The molecule has 0 fully saturated rings. The van der Waals surface area contributed by atoms with E-state index in [9.17, 15) is 5.11 Å². The molecule has 6 aromatic carbocycles. The van der Waals surface area contributed by atoms with Crippen LogP contribution in [0.5, 0.6) is 5.75 Å². The van der Waals surface area contributed by atoms with Gasteiger partial charge in [-0.25, -0.2) is 4.98 Å². The third kappa shape index (κ3) is 9.12. The van der Waals surface area contributed by atoms with Gasteiger partial charge in [-0.2, -0.15) is 0 Å². The Balaban J connectivity index is 1.38. The number of aromatic hydroxyl groups is 1. The highest BCUT2D eigenvalue weighted by Crippen LogP contribution is 2.46. The van der Waals surface area contributed by atoms with E-state index in [1.54, 1.807) is 24.4 Å². The number of para-hydroxylation sites is 1. The van der Waals surface area contributed by atoms with Crippen molar-refractivity contribution in [2.75, 3.05) is 0 Å². The summed E-state index contributed by atoms with van der Waals surface area (Å²) in [5.74, 6) is 0.790. The average molecular weight is 881 g/mol. The summed E-state index contributed by atoms with van der Waals surface area (Å²) in [6.45, 7) is 16.0. The SMILES string of the molecule is [2H]C([2H])([2H])C(c1ccc(-c2ccnc(-c3cc(-c4cccc5c4nc(-c4cc(C(C)(C)C)cc(C(C)(C)C)c4O)n5-c4ccc(C(C)(C)C)cc4-c4ccccc4)cc(C(C)(C)C)c3)c2)cc1)(C([2H])([2H])[2H])C([2H])([2H])[2H]. The van der Waals surface area contributed by atoms with Crippen molar-refractivity contribution in [2.24, 2.45) is 0 Å². The summed E-state index contributed by atoms with van der Waals surface area (Å²) < 4.78 is 76.2. The summed E-state index contributed by atoms with van der Waals surface area (Å²) in [7, 11) is 0. The lowest BCUT2D eigenvalue weighted by Gasteiger charge is -2.28. The predicted molar refractivity (Wildman–Crippen MR) is 281 cm³/mol. The molecule has 1 N–H and O–H groups in total. The number of aromatic nitrogens is 3. The van der Waals surface area contributed by atoms with E-state index in [1.807, 2.05) is 12.1 Å². The zero-order valence-electron chi connectivity index (χ0n) is 49.6. The summed E-state index contributed by atoms with van der Waals surface area (Å²) in [5.41, 5.74) is 9.44. The topological polar surface area (TPSA) is 50.9 Å². The van der Waals surface area contributed by atoms with E-state index < -0.39 is 31.4 Å². The second-order valence-electron chi connectivity index (χ2n) is 22.0. The van der Waals surface area contributed by atoms with Crippen molar-refractivity contribution in [3.63, 3.8) is 0 Å². The molecule has 4 nitrogen and oxygen atoms in total. The van der Waals surface area contributed by atoms with Gasteiger partial charge in [0.05, 0.1) is 28.0 Å². The van der Waals surface area contributed by atoms with Crippen molar-refractivity contribution in [1.82, 2.24) is 14.5 Å². The van der Waals surface area contributed by atoms with Crippen LogP contribution in [0.1, 0.15) is 144 Å². The molecule has 338 valence electrons. The maximum absolute atomic E-state index is 12.6. The molecule has 0 radical (unpaired) electrons. The molecule has 0 aliphatic carbocycles. The highest BCUT2D eigenvalue weighted by atomic mass is 16.3. The van der Waals surface area contributed by atoms with Crippen molar-refractivity contribution in [2.45, 2.75) is 131 Å². The van der Waals surface area contributed by atoms with Gasteiger partial charge in [0.15, 0.2) is 0 Å². The molecule has 0 unspecified atom stereocenters. The Hall–Kier alpha value is -6.26. The standard InChI is InChI=1S/C62H69N3O/c1-58(2,3)44-26-24-39(25-27-44)41-30-31-63-52(35-41)43-32-42(33-46(34-43)60(7,8)9)48-22-19-23-54-55(48)64-57(50-37-47(61(10,11)12)38-51(56(50)66)62(13,14)15)65(54)53-29-28-45(59(4,5)6)36-49(53)40-20-17-16-18-21-40/h16-38,66H,1-15H3/i1D3,2D3,3D3. The minimum Gasteiger partial charge on any atom is -0.507 e. The predicted octanol–water partition coefficient (Wildman–Crippen LogP) is 16.9. The van der Waals surface area contributed by atoms with Crippen molar-refractivity contribution >= 4 is 11.0 Å². The van der Waals surface area contributed by atoms with E-state index in [4.69, 9.17) is 22.3 Å². The van der Waals surface area contributed by atoms with Crippen molar-refractivity contribution in [1.29, 1.82) is 0 Å². The van der Waals surface area contributed by atoms with Crippen LogP contribution in [0.2, 0.25) is 0 Å². The molecule has 0 aliphatic heterocycles. The molecule has 0 saturated heterocycles. The molecule has 0 bridgehead atoms. The first-order valence-corrected chi connectivity index (χ1v) is 22.9. The fraction of sp³-hybridized carbons (Fsp3) is 0.323. The zero-order chi connectivity index (χ0) is 55.2. The first-order valence-electron chi connectivity index (χ1n) is 27.4. The van der Waals surface area contributed by atoms with E-state index in [-0.39, 0.29) is 27.6 Å². The van der Waals surface area contributed by atoms with Crippen molar-refractivity contribution in [3.8, 4) is 67.5 Å². The van der Waals surface area contributed by atoms with Crippen LogP contribution in [0.4, 0.5) is 0 Å². The third-order valence-corrected chi connectivity index (χ3v) is 12.7. The lowest BCUT2D eigenvalue weighted by atomic mass is 9.79. The van der Waals surface area contributed by atoms with Gasteiger partial charge in [0.1, 0.15) is 11.6 Å². The molecule has 0 saturated carbocycles. The fourth-order valence-corrected chi connectivity index (χ4v) is 8.66. The molecule has 0 atom stereocenters. The van der Waals surface area contributed by atoms with Gasteiger partial charge in [-0.3, -0.25) is 9.55 Å². The van der Waals surface area contributed by atoms with Gasteiger partial charge in [0.2, 0.25) is 0 Å². The van der Waals surface area contributed by atoms with Crippen LogP contribution in [0, 0.1) is 0 Å². The molecule has 66 heavy (non-hydrogen) atoms. The first kappa shape index (κ1) is 35.9. The number of rotatable bonds is 6. The number of pyridine rings is 1. The van der Waals surface area contributed by atoms with Crippen LogP contribution in [0.25, 0.3) is 72.7 Å². The second-order valence-corrected chi connectivity index (χ2v) is 22.0. The number of hydrogen-bond acceptors (Lipinski definition) is 3.